The SMILES string of the molecule is Cc1nc(-c2cc(N)c3c(F)cccc3c2)sc1C(=O)O. The second-order valence-electron chi connectivity index (χ2n) is 4.64. The number of fused-ring (bicyclic) bond motifs is 1. The van der Waals surface area contributed by atoms with Gasteiger partial charge in [-0.05, 0) is 30.5 Å². The van der Waals surface area contributed by atoms with Crippen molar-refractivity contribution >= 4 is 33.8 Å². The topological polar surface area (TPSA) is 76.2 Å². The van der Waals surface area contributed by atoms with Crippen molar-refractivity contribution in [2.24, 2.45) is 0 Å². The minimum atomic E-state index is -1.00. The number of benzene rings is 2. The molecule has 1 heterocycles. The van der Waals surface area contributed by atoms with Gasteiger partial charge in [-0.1, -0.05) is 12.1 Å². The van der Waals surface area contributed by atoms with Crippen molar-refractivity contribution in [3.63, 3.8) is 0 Å². The van der Waals surface area contributed by atoms with Crippen LogP contribution in [0, 0.1) is 12.7 Å². The Morgan fingerprint density at radius 2 is 2.14 bits per heavy atom. The summed E-state index contributed by atoms with van der Waals surface area (Å²) < 4.78 is 13.8. The third kappa shape index (κ3) is 2.23. The van der Waals surface area contributed by atoms with Crippen molar-refractivity contribution in [3.05, 3.63) is 46.7 Å². The van der Waals surface area contributed by atoms with Gasteiger partial charge in [0.15, 0.2) is 0 Å². The monoisotopic (exact) mass is 302 g/mol. The highest BCUT2D eigenvalue weighted by Gasteiger charge is 2.16. The maximum absolute atomic E-state index is 13.8. The van der Waals surface area contributed by atoms with E-state index in [1.807, 2.05) is 0 Å². The highest BCUT2D eigenvalue weighted by atomic mass is 32.1. The lowest BCUT2D eigenvalue weighted by atomic mass is 10.0. The predicted molar refractivity (Wildman–Crippen MR) is 81.1 cm³/mol. The second-order valence-corrected chi connectivity index (χ2v) is 5.64. The molecule has 0 aliphatic rings. The van der Waals surface area contributed by atoms with E-state index >= 15 is 0 Å². The third-order valence-corrected chi connectivity index (χ3v) is 4.39. The van der Waals surface area contributed by atoms with E-state index in [9.17, 15) is 9.18 Å². The molecule has 0 saturated carbocycles. The molecule has 6 heteroatoms. The molecule has 0 fully saturated rings. The van der Waals surface area contributed by atoms with E-state index in [1.54, 1.807) is 31.2 Å². The molecule has 0 amide bonds. The number of aromatic nitrogens is 1. The quantitative estimate of drug-likeness (QED) is 0.708. The van der Waals surface area contributed by atoms with Gasteiger partial charge in [-0.2, -0.15) is 0 Å². The normalized spacial score (nSPS) is 11.0. The van der Waals surface area contributed by atoms with Crippen LogP contribution in [-0.2, 0) is 0 Å². The highest BCUT2D eigenvalue weighted by molar-refractivity contribution is 7.17. The van der Waals surface area contributed by atoms with Crippen LogP contribution in [0.25, 0.3) is 21.3 Å². The van der Waals surface area contributed by atoms with Crippen molar-refractivity contribution in [3.8, 4) is 10.6 Å². The van der Waals surface area contributed by atoms with E-state index < -0.39 is 5.97 Å². The number of aromatic carboxylic acids is 1. The van der Waals surface area contributed by atoms with Gasteiger partial charge in [0.25, 0.3) is 0 Å². The number of carbonyl (C=O) groups is 1. The van der Waals surface area contributed by atoms with Crippen LogP contribution in [0.2, 0.25) is 0 Å². The molecule has 21 heavy (non-hydrogen) atoms. The average Bonchev–Trinajstić information content (AvgIpc) is 2.80. The lowest BCUT2D eigenvalue weighted by Crippen LogP contribution is -1.94. The third-order valence-electron chi connectivity index (χ3n) is 3.19. The molecule has 2 aromatic carbocycles. The highest BCUT2D eigenvalue weighted by Crippen LogP contribution is 2.34. The number of carboxylic acids is 1. The molecule has 0 spiro atoms. The fourth-order valence-corrected chi connectivity index (χ4v) is 3.15. The first-order chi connectivity index (χ1) is 9.97. The zero-order chi connectivity index (χ0) is 15.1. The van der Waals surface area contributed by atoms with Crippen LogP contribution in [0.5, 0.6) is 0 Å². The molecule has 0 saturated heterocycles. The van der Waals surface area contributed by atoms with E-state index in [0.29, 0.717) is 32.7 Å². The number of hydrogen-bond donors (Lipinski definition) is 2. The maximum atomic E-state index is 13.8. The number of anilines is 1. The maximum Gasteiger partial charge on any atom is 0.347 e. The lowest BCUT2D eigenvalue weighted by Gasteiger charge is -2.06. The number of nitrogens with two attached hydrogens (primary N) is 1. The summed E-state index contributed by atoms with van der Waals surface area (Å²) in [6.07, 6.45) is 0. The van der Waals surface area contributed by atoms with E-state index in [2.05, 4.69) is 4.98 Å². The Morgan fingerprint density at radius 1 is 1.38 bits per heavy atom. The molecule has 3 N–H and O–H groups in total. The molecule has 0 atom stereocenters. The fraction of sp³-hybridized carbons (Fsp3) is 0.0667. The van der Waals surface area contributed by atoms with Crippen LogP contribution in [0.15, 0.2) is 30.3 Å². The van der Waals surface area contributed by atoms with Gasteiger partial charge in [-0.25, -0.2) is 14.2 Å². The van der Waals surface area contributed by atoms with Gasteiger partial charge >= 0.3 is 5.97 Å². The summed E-state index contributed by atoms with van der Waals surface area (Å²) in [5.74, 6) is -1.38. The molecular weight excluding hydrogens is 291 g/mol. The van der Waals surface area contributed by atoms with E-state index in [1.165, 1.54) is 6.07 Å². The van der Waals surface area contributed by atoms with Crippen molar-refractivity contribution in [1.29, 1.82) is 0 Å². The lowest BCUT2D eigenvalue weighted by molar-refractivity contribution is 0.0701. The van der Waals surface area contributed by atoms with E-state index in [4.69, 9.17) is 10.8 Å². The number of rotatable bonds is 2. The molecule has 106 valence electrons. The number of halogens is 1. The second kappa shape index (κ2) is 4.82. The average molecular weight is 302 g/mol. The zero-order valence-electron chi connectivity index (χ0n) is 11.1. The number of thiazole rings is 1. The predicted octanol–water partition coefficient (Wildman–Crippen LogP) is 3.69. The first-order valence-electron chi connectivity index (χ1n) is 6.16. The number of hydrogen-bond acceptors (Lipinski definition) is 4. The van der Waals surface area contributed by atoms with Gasteiger partial charge in [-0.3, -0.25) is 0 Å². The summed E-state index contributed by atoms with van der Waals surface area (Å²) >= 11 is 1.08. The van der Waals surface area contributed by atoms with Gasteiger partial charge in [0, 0.05) is 16.6 Å². The number of nitrogen functional groups attached to an aromatic ring is 1. The Bertz CT molecular complexity index is 873. The zero-order valence-corrected chi connectivity index (χ0v) is 11.9. The van der Waals surface area contributed by atoms with E-state index in [0.717, 1.165) is 11.3 Å². The van der Waals surface area contributed by atoms with Crippen molar-refractivity contribution in [2.45, 2.75) is 6.92 Å². The van der Waals surface area contributed by atoms with E-state index in [-0.39, 0.29) is 10.7 Å². The Morgan fingerprint density at radius 3 is 2.81 bits per heavy atom. The minimum Gasteiger partial charge on any atom is -0.477 e. The number of carboxylic acid groups (broad SMARTS) is 1. The molecule has 0 unspecified atom stereocenters. The van der Waals surface area contributed by atoms with Gasteiger partial charge in [0.05, 0.1) is 5.69 Å². The molecular formula is C15H11FN2O2S. The van der Waals surface area contributed by atoms with Crippen molar-refractivity contribution < 1.29 is 14.3 Å². The Balaban J connectivity index is 2.22. The minimum absolute atomic E-state index is 0.197. The van der Waals surface area contributed by atoms with Crippen LogP contribution >= 0.6 is 11.3 Å². The molecule has 0 aliphatic carbocycles. The van der Waals surface area contributed by atoms with Gasteiger partial charge < -0.3 is 10.8 Å². The molecule has 0 aliphatic heterocycles. The standard InChI is InChI=1S/C15H11FN2O2S/c1-7-13(15(19)20)21-14(18-7)9-5-8-3-2-4-10(16)12(8)11(17)6-9/h2-6H,17H2,1H3,(H,19,20). The van der Waals surface area contributed by atoms with Crippen molar-refractivity contribution in [1.82, 2.24) is 4.98 Å². The Kier molecular flexibility index (Phi) is 3.10. The van der Waals surface area contributed by atoms with Crippen LogP contribution in [0.1, 0.15) is 15.4 Å². The van der Waals surface area contributed by atoms with Gasteiger partial charge in [-0.15, -0.1) is 11.3 Å². The molecule has 3 rings (SSSR count). The molecule has 0 bridgehead atoms. The fourth-order valence-electron chi connectivity index (χ4n) is 2.26. The van der Waals surface area contributed by atoms with Gasteiger partial charge in [0.2, 0.25) is 0 Å². The Labute approximate surface area is 123 Å². The first-order valence-corrected chi connectivity index (χ1v) is 6.98. The molecule has 4 nitrogen and oxygen atoms in total. The summed E-state index contributed by atoms with van der Waals surface area (Å²) in [7, 11) is 0. The smallest absolute Gasteiger partial charge is 0.347 e. The van der Waals surface area contributed by atoms with Crippen molar-refractivity contribution in [2.75, 3.05) is 5.73 Å². The summed E-state index contributed by atoms with van der Waals surface area (Å²) in [5, 5.41) is 10.7. The summed E-state index contributed by atoms with van der Waals surface area (Å²) in [6.45, 7) is 1.65. The molecule has 1 aromatic heterocycles. The van der Waals surface area contributed by atoms with Crippen LogP contribution in [0.3, 0.4) is 0 Å². The summed E-state index contributed by atoms with van der Waals surface area (Å²) in [6, 6.07) is 8.11. The van der Waals surface area contributed by atoms with Crippen LogP contribution < -0.4 is 5.73 Å². The number of aryl methyl sites for hydroxylation is 1. The van der Waals surface area contributed by atoms with Crippen LogP contribution in [-0.4, -0.2) is 16.1 Å². The van der Waals surface area contributed by atoms with Gasteiger partial charge in [0.1, 0.15) is 15.7 Å². The van der Waals surface area contributed by atoms with Crippen LogP contribution in [0.4, 0.5) is 10.1 Å². The molecule has 0 radical (unpaired) electrons. The number of nitrogens with zero attached hydrogens (tertiary/aromatic N) is 1. The Hall–Kier alpha value is -2.47. The molecule has 3 aromatic rings. The largest absolute Gasteiger partial charge is 0.477 e. The summed E-state index contributed by atoms with van der Waals surface area (Å²) in [4.78, 5) is 15.5. The first kappa shape index (κ1) is 13.5. The summed E-state index contributed by atoms with van der Waals surface area (Å²) in [5.41, 5.74) is 7.38.